The third kappa shape index (κ3) is 1.38. The Bertz CT molecular complexity index is 921. The van der Waals surface area contributed by atoms with E-state index in [2.05, 4.69) is 6.92 Å². The van der Waals surface area contributed by atoms with Crippen LogP contribution in [0.15, 0.2) is 6.07 Å². The van der Waals surface area contributed by atoms with Gasteiger partial charge >= 0.3 is 0 Å². The topological polar surface area (TPSA) is 34.1 Å². The molecule has 0 spiro atoms. The van der Waals surface area contributed by atoms with Crippen molar-refractivity contribution in [3.05, 3.63) is 41.6 Å². The molecule has 0 saturated carbocycles. The Balaban J connectivity index is 2.14. The molecule has 5 heteroatoms. The van der Waals surface area contributed by atoms with E-state index in [1.54, 1.807) is 11.3 Å². The second kappa shape index (κ2) is 3.87. The minimum Gasteiger partial charge on any atom is -0.288 e. The second-order valence-corrected chi connectivity index (χ2v) is 8.69. The van der Waals surface area contributed by atoms with E-state index >= 15 is 0 Å². The van der Waals surface area contributed by atoms with Crippen molar-refractivity contribution in [2.24, 2.45) is 0 Å². The van der Waals surface area contributed by atoms with Gasteiger partial charge in [0, 0.05) is 30.3 Å². The molecule has 4 rings (SSSR count). The second-order valence-electron chi connectivity index (χ2n) is 4.98. The summed E-state index contributed by atoms with van der Waals surface area (Å²) in [6, 6.07) is 1.85. The lowest BCUT2D eigenvalue weighted by Crippen LogP contribution is -2.16. The highest BCUT2D eigenvalue weighted by molar-refractivity contribution is 7.27. The summed E-state index contributed by atoms with van der Waals surface area (Å²) in [7, 11) is 0. The molecule has 0 atom stereocenters. The van der Waals surface area contributed by atoms with Crippen LogP contribution < -0.4 is 0 Å². The van der Waals surface area contributed by atoms with Gasteiger partial charge in [0.2, 0.25) is 5.78 Å². The quantitative estimate of drug-likeness (QED) is 0.470. The van der Waals surface area contributed by atoms with Crippen LogP contribution in [-0.2, 0) is 0 Å². The number of hydrogen-bond donors (Lipinski definition) is 0. The molecule has 0 aliphatic heterocycles. The fourth-order valence-electron chi connectivity index (χ4n) is 2.81. The minimum atomic E-state index is 0.0195. The van der Waals surface area contributed by atoms with Crippen LogP contribution in [0.2, 0.25) is 0 Å². The summed E-state index contributed by atoms with van der Waals surface area (Å²) in [5.41, 5.74) is 1.23. The van der Waals surface area contributed by atoms with Crippen LogP contribution in [0.4, 0.5) is 0 Å². The van der Waals surface area contributed by atoms with E-state index in [4.69, 9.17) is 0 Å². The molecule has 0 fully saturated rings. The molecule has 1 aliphatic rings. The summed E-state index contributed by atoms with van der Waals surface area (Å²) in [4.78, 5) is 30.0. The van der Waals surface area contributed by atoms with Crippen LogP contribution in [0.5, 0.6) is 0 Å². The van der Waals surface area contributed by atoms with E-state index in [1.807, 2.05) is 19.9 Å². The highest BCUT2D eigenvalue weighted by Gasteiger charge is 2.36. The van der Waals surface area contributed by atoms with Crippen LogP contribution in [0.3, 0.4) is 0 Å². The standard InChI is InChI=1S/C15H10O2S3/c1-5-4-8-11(16)10-9-6(2)19-7(3)13(9)20-15(10)12(17)14(8)18-5/h4H,1-3H3. The Hall–Kier alpha value is -1.30. The van der Waals surface area contributed by atoms with Crippen molar-refractivity contribution in [2.75, 3.05) is 0 Å². The maximum atomic E-state index is 12.8. The van der Waals surface area contributed by atoms with Crippen molar-refractivity contribution in [3.8, 4) is 0 Å². The average Bonchev–Trinajstić information content (AvgIpc) is 3.02. The lowest BCUT2D eigenvalue weighted by Gasteiger charge is -2.09. The van der Waals surface area contributed by atoms with Crippen LogP contribution in [0.1, 0.15) is 45.1 Å². The van der Waals surface area contributed by atoms with Crippen LogP contribution in [-0.4, -0.2) is 11.6 Å². The lowest BCUT2D eigenvalue weighted by molar-refractivity contribution is 0.0987. The summed E-state index contributed by atoms with van der Waals surface area (Å²) in [6.07, 6.45) is 0. The van der Waals surface area contributed by atoms with E-state index in [9.17, 15) is 9.59 Å². The molecule has 3 aromatic heterocycles. The molecule has 0 saturated heterocycles. The van der Waals surface area contributed by atoms with Gasteiger partial charge in [-0.1, -0.05) is 0 Å². The number of ketones is 2. The van der Waals surface area contributed by atoms with Gasteiger partial charge in [0.25, 0.3) is 0 Å². The molecule has 0 radical (unpaired) electrons. The number of carbonyl (C=O) groups excluding carboxylic acids is 2. The van der Waals surface area contributed by atoms with Crippen molar-refractivity contribution in [2.45, 2.75) is 20.8 Å². The van der Waals surface area contributed by atoms with E-state index in [-0.39, 0.29) is 11.6 Å². The number of aryl methyl sites for hydroxylation is 3. The van der Waals surface area contributed by atoms with Gasteiger partial charge in [-0.25, -0.2) is 0 Å². The van der Waals surface area contributed by atoms with Crippen molar-refractivity contribution < 1.29 is 9.59 Å². The fraction of sp³-hybridized carbons (Fsp3) is 0.200. The number of thiophene rings is 3. The summed E-state index contributed by atoms with van der Waals surface area (Å²) < 4.78 is 1.10. The first-order chi connectivity index (χ1) is 9.49. The van der Waals surface area contributed by atoms with Gasteiger partial charge in [-0.3, -0.25) is 9.59 Å². The maximum Gasteiger partial charge on any atom is 0.214 e. The van der Waals surface area contributed by atoms with Crippen molar-refractivity contribution >= 4 is 55.7 Å². The Labute approximate surface area is 127 Å². The van der Waals surface area contributed by atoms with Crippen LogP contribution in [0, 0.1) is 20.8 Å². The number of fused-ring (bicyclic) bond motifs is 4. The largest absolute Gasteiger partial charge is 0.288 e. The third-order valence-electron chi connectivity index (χ3n) is 3.63. The van der Waals surface area contributed by atoms with Crippen LogP contribution >= 0.6 is 34.0 Å². The zero-order valence-corrected chi connectivity index (χ0v) is 13.6. The molecule has 0 aromatic carbocycles. The fourth-order valence-corrected chi connectivity index (χ4v) is 6.30. The molecular weight excluding hydrogens is 308 g/mol. The summed E-state index contributed by atoms with van der Waals surface area (Å²) in [6.45, 7) is 6.02. The molecule has 3 heterocycles. The predicted octanol–water partition coefficient (Wildman–Crippen LogP) is 4.72. The molecular formula is C15H10O2S3. The normalized spacial score (nSPS) is 13.9. The van der Waals surface area contributed by atoms with Gasteiger partial charge < -0.3 is 0 Å². The van der Waals surface area contributed by atoms with Gasteiger partial charge in [-0.15, -0.1) is 34.0 Å². The van der Waals surface area contributed by atoms with Gasteiger partial charge in [0.1, 0.15) is 0 Å². The number of hydrogen-bond acceptors (Lipinski definition) is 5. The first-order valence-electron chi connectivity index (χ1n) is 6.21. The zero-order valence-electron chi connectivity index (χ0n) is 11.1. The van der Waals surface area contributed by atoms with Crippen LogP contribution in [0.25, 0.3) is 10.1 Å². The SMILES string of the molecule is Cc1cc2c(s1)C(=O)c1sc3c(C)sc(C)c3c1C2=O. The first-order valence-corrected chi connectivity index (χ1v) is 8.66. The number of carbonyl (C=O) groups is 2. The van der Waals surface area contributed by atoms with E-state index < -0.39 is 0 Å². The Morgan fingerprint density at radius 3 is 2.35 bits per heavy atom. The molecule has 0 bridgehead atoms. The monoisotopic (exact) mass is 318 g/mol. The van der Waals surface area contributed by atoms with E-state index in [0.717, 1.165) is 19.8 Å². The van der Waals surface area contributed by atoms with Gasteiger partial charge in [0.05, 0.1) is 15.3 Å². The first kappa shape index (κ1) is 12.4. The van der Waals surface area contributed by atoms with E-state index in [1.165, 1.54) is 27.6 Å². The highest BCUT2D eigenvalue weighted by atomic mass is 32.1. The molecule has 1 aliphatic carbocycles. The summed E-state index contributed by atoms with van der Waals surface area (Å²) in [5, 5.41) is 1.00. The molecule has 0 amide bonds. The highest BCUT2D eigenvalue weighted by Crippen LogP contribution is 2.45. The van der Waals surface area contributed by atoms with Crippen molar-refractivity contribution in [3.63, 3.8) is 0 Å². The Morgan fingerprint density at radius 2 is 1.60 bits per heavy atom. The zero-order chi connectivity index (χ0) is 14.2. The van der Waals surface area contributed by atoms with Crippen molar-refractivity contribution in [1.29, 1.82) is 0 Å². The van der Waals surface area contributed by atoms with Crippen molar-refractivity contribution in [1.82, 2.24) is 0 Å². The predicted molar refractivity (Wildman–Crippen MR) is 85.1 cm³/mol. The smallest absolute Gasteiger partial charge is 0.214 e. The van der Waals surface area contributed by atoms with Gasteiger partial charge in [0.15, 0.2) is 5.78 Å². The van der Waals surface area contributed by atoms with E-state index in [0.29, 0.717) is 20.9 Å². The third-order valence-corrected chi connectivity index (χ3v) is 7.13. The Kier molecular flexibility index (Phi) is 2.41. The maximum absolute atomic E-state index is 12.8. The summed E-state index contributed by atoms with van der Waals surface area (Å²) in [5.74, 6) is 0.0452. The summed E-state index contributed by atoms with van der Waals surface area (Å²) >= 11 is 4.61. The van der Waals surface area contributed by atoms with Gasteiger partial charge in [-0.05, 0) is 26.8 Å². The molecule has 0 unspecified atom stereocenters. The molecule has 2 nitrogen and oxygen atoms in total. The minimum absolute atomic E-state index is 0.0195. The Morgan fingerprint density at radius 1 is 0.850 bits per heavy atom. The molecule has 100 valence electrons. The molecule has 3 aromatic rings. The molecule has 0 N–H and O–H groups in total. The average molecular weight is 318 g/mol. The number of rotatable bonds is 0. The van der Waals surface area contributed by atoms with Gasteiger partial charge in [-0.2, -0.15) is 0 Å². The molecule has 20 heavy (non-hydrogen) atoms. The lowest BCUT2D eigenvalue weighted by atomic mass is 9.93.